The molecule has 0 heterocycles. The van der Waals surface area contributed by atoms with Gasteiger partial charge in [-0.3, -0.25) is 0 Å². The number of rotatable bonds is 9. The quantitative estimate of drug-likeness (QED) is 0.673. The van der Waals surface area contributed by atoms with Gasteiger partial charge in [0.1, 0.15) is 0 Å². The summed E-state index contributed by atoms with van der Waals surface area (Å²) in [5.41, 5.74) is 2.57. The third-order valence-corrected chi connectivity index (χ3v) is 3.56. The Kier molecular flexibility index (Phi) is 13.3. The zero-order valence-corrected chi connectivity index (χ0v) is 14.9. The first kappa shape index (κ1) is 20.0. The molecule has 1 aromatic rings. The van der Waals surface area contributed by atoms with Gasteiger partial charge in [-0.05, 0) is 63.0 Å². The number of anilines is 1. The molecule has 21 heavy (non-hydrogen) atoms. The van der Waals surface area contributed by atoms with Gasteiger partial charge in [0, 0.05) is 12.7 Å². The van der Waals surface area contributed by atoms with Crippen LogP contribution in [0.15, 0.2) is 24.3 Å². The molecule has 0 saturated carbocycles. The Balaban J connectivity index is 0.000000382. The number of nitrogens with one attached hydrogen (secondary N) is 1. The monoisotopic (exact) mass is 292 g/mol. The molecule has 0 spiro atoms. The third kappa shape index (κ3) is 10.4. The van der Waals surface area contributed by atoms with Gasteiger partial charge >= 0.3 is 0 Å². The van der Waals surface area contributed by atoms with Crippen molar-refractivity contribution in [3.05, 3.63) is 29.8 Å². The van der Waals surface area contributed by atoms with Crippen LogP contribution in [0.4, 0.5) is 5.69 Å². The van der Waals surface area contributed by atoms with Gasteiger partial charge in [0.05, 0.1) is 0 Å². The summed E-state index contributed by atoms with van der Waals surface area (Å²) in [6.07, 6.45) is 6.39. The number of nitrogens with zero attached hydrogens (tertiary/aromatic N) is 1. The standard InChI is InChI=1S/C10H23N.C9H13N/c1-4-7-10-11(8-5-2)9-6-3;1-3-8-4-6-9(10-2)7-5-8/h4-10H2,1-3H3;4-7,10H,3H2,1-2H3. The minimum absolute atomic E-state index is 1.12. The van der Waals surface area contributed by atoms with Crippen LogP contribution in [0.25, 0.3) is 0 Å². The van der Waals surface area contributed by atoms with Gasteiger partial charge in [0.2, 0.25) is 0 Å². The summed E-state index contributed by atoms with van der Waals surface area (Å²) in [5.74, 6) is 0. The summed E-state index contributed by atoms with van der Waals surface area (Å²) in [6, 6.07) is 8.48. The zero-order valence-electron chi connectivity index (χ0n) is 14.9. The zero-order chi connectivity index (χ0) is 15.9. The second-order valence-corrected chi connectivity index (χ2v) is 5.50. The van der Waals surface area contributed by atoms with Crippen LogP contribution in [0, 0.1) is 0 Å². The first-order valence-electron chi connectivity index (χ1n) is 8.70. The number of aryl methyl sites for hydroxylation is 1. The molecule has 0 aliphatic heterocycles. The molecule has 2 nitrogen and oxygen atoms in total. The van der Waals surface area contributed by atoms with Crippen LogP contribution in [-0.4, -0.2) is 31.6 Å². The minimum Gasteiger partial charge on any atom is -0.388 e. The van der Waals surface area contributed by atoms with Gasteiger partial charge in [0.25, 0.3) is 0 Å². The van der Waals surface area contributed by atoms with Crippen molar-refractivity contribution in [2.75, 3.05) is 32.0 Å². The summed E-state index contributed by atoms with van der Waals surface area (Å²) in [6.45, 7) is 12.8. The van der Waals surface area contributed by atoms with Crippen LogP contribution in [0.2, 0.25) is 0 Å². The van der Waals surface area contributed by atoms with E-state index in [1.807, 2.05) is 7.05 Å². The Labute approximate surface area is 132 Å². The van der Waals surface area contributed by atoms with E-state index < -0.39 is 0 Å². The lowest BCUT2D eigenvalue weighted by Gasteiger charge is -2.20. The largest absolute Gasteiger partial charge is 0.388 e. The lowest BCUT2D eigenvalue weighted by molar-refractivity contribution is 0.270. The molecule has 1 rings (SSSR count). The normalized spacial score (nSPS) is 10.2. The maximum absolute atomic E-state index is 3.08. The second kappa shape index (κ2) is 13.9. The van der Waals surface area contributed by atoms with Crippen LogP contribution in [0.5, 0.6) is 0 Å². The molecule has 122 valence electrons. The molecule has 0 aliphatic rings. The van der Waals surface area contributed by atoms with Crippen molar-refractivity contribution in [3.63, 3.8) is 0 Å². The predicted molar refractivity (Wildman–Crippen MR) is 97.3 cm³/mol. The molecule has 0 aromatic heterocycles. The minimum atomic E-state index is 1.12. The van der Waals surface area contributed by atoms with E-state index in [2.05, 4.69) is 62.2 Å². The first-order chi connectivity index (χ1) is 10.2. The van der Waals surface area contributed by atoms with Crippen molar-refractivity contribution in [2.24, 2.45) is 0 Å². The highest BCUT2D eigenvalue weighted by molar-refractivity contribution is 5.43. The molecule has 0 amide bonds. The molecule has 0 aliphatic carbocycles. The maximum Gasteiger partial charge on any atom is 0.0337 e. The molecule has 0 radical (unpaired) electrons. The molecular formula is C19H36N2. The van der Waals surface area contributed by atoms with Gasteiger partial charge in [-0.25, -0.2) is 0 Å². The number of hydrogen-bond donors (Lipinski definition) is 1. The van der Waals surface area contributed by atoms with Crippen molar-refractivity contribution in [1.82, 2.24) is 4.90 Å². The van der Waals surface area contributed by atoms with Crippen molar-refractivity contribution < 1.29 is 0 Å². The van der Waals surface area contributed by atoms with E-state index in [9.17, 15) is 0 Å². The smallest absolute Gasteiger partial charge is 0.0337 e. The Morgan fingerprint density at radius 3 is 1.76 bits per heavy atom. The topological polar surface area (TPSA) is 15.3 Å². The molecule has 0 saturated heterocycles. The van der Waals surface area contributed by atoms with Crippen LogP contribution >= 0.6 is 0 Å². The van der Waals surface area contributed by atoms with Crippen LogP contribution < -0.4 is 5.32 Å². The van der Waals surface area contributed by atoms with Crippen molar-refractivity contribution in [3.8, 4) is 0 Å². The third-order valence-electron chi connectivity index (χ3n) is 3.56. The molecule has 2 heteroatoms. The molecule has 1 aromatic carbocycles. The average Bonchev–Trinajstić information content (AvgIpc) is 2.53. The molecule has 0 bridgehead atoms. The average molecular weight is 293 g/mol. The van der Waals surface area contributed by atoms with Gasteiger partial charge < -0.3 is 10.2 Å². The summed E-state index contributed by atoms with van der Waals surface area (Å²) in [5, 5.41) is 3.08. The predicted octanol–water partition coefficient (Wildman–Crippen LogP) is 5.20. The van der Waals surface area contributed by atoms with E-state index >= 15 is 0 Å². The molecular weight excluding hydrogens is 256 g/mol. The molecule has 0 fully saturated rings. The fourth-order valence-corrected chi connectivity index (χ4v) is 2.26. The summed E-state index contributed by atoms with van der Waals surface area (Å²) in [4.78, 5) is 2.57. The number of unbranched alkanes of at least 4 members (excludes halogenated alkanes) is 1. The van der Waals surface area contributed by atoms with Crippen LogP contribution in [0.3, 0.4) is 0 Å². The van der Waals surface area contributed by atoms with E-state index in [0.29, 0.717) is 0 Å². The number of benzene rings is 1. The Morgan fingerprint density at radius 1 is 0.810 bits per heavy atom. The first-order valence-corrected chi connectivity index (χ1v) is 8.70. The van der Waals surface area contributed by atoms with Crippen LogP contribution in [-0.2, 0) is 6.42 Å². The van der Waals surface area contributed by atoms with Crippen molar-refractivity contribution in [2.45, 2.75) is 59.8 Å². The van der Waals surface area contributed by atoms with E-state index in [1.165, 1.54) is 56.6 Å². The Bertz CT molecular complexity index is 290. The van der Waals surface area contributed by atoms with E-state index in [0.717, 1.165) is 6.42 Å². The van der Waals surface area contributed by atoms with Gasteiger partial charge in [-0.2, -0.15) is 0 Å². The van der Waals surface area contributed by atoms with E-state index in [4.69, 9.17) is 0 Å². The summed E-state index contributed by atoms with van der Waals surface area (Å²) < 4.78 is 0. The van der Waals surface area contributed by atoms with Crippen molar-refractivity contribution >= 4 is 5.69 Å². The van der Waals surface area contributed by atoms with E-state index in [-0.39, 0.29) is 0 Å². The highest BCUT2D eigenvalue weighted by atomic mass is 15.1. The summed E-state index contributed by atoms with van der Waals surface area (Å²) >= 11 is 0. The maximum atomic E-state index is 3.08. The number of hydrogen-bond acceptors (Lipinski definition) is 2. The summed E-state index contributed by atoms with van der Waals surface area (Å²) in [7, 11) is 1.93. The Hall–Kier alpha value is -1.02. The fraction of sp³-hybridized carbons (Fsp3) is 0.684. The highest BCUT2D eigenvalue weighted by Gasteiger charge is 1.99. The Morgan fingerprint density at radius 2 is 1.38 bits per heavy atom. The molecule has 1 N–H and O–H groups in total. The SMILES string of the molecule is CCCCN(CCC)CCC.CCc1ccc(NC)cc1. The van der Waals surface area contributed by atoms with E-state index in [1.54, 1.807) is 0 Å². The van der Waals surface area contributed by atoms with Gasteiger partial charge in [-0.1, -0.05) is 46.2 Å². The lowest BCUT2D eigenvalue weighted by atomic mass is 10.1. The fourth-order valence-electron chi connectivity index (χ4n) is 2.26. The second-order valence-electron chi connectivity index (χ2n) is 5.50. The van der Waals surface area contributed by atoms with Crippen LogP contribution in [0.1, 0.15) is 58.9 Å². The highest BCUT2D eigenvalue weighted by Crippen LogP contribution is 2.08. The molecule has 0 unspecified atom stereocenters. The van der Waals surface area contributed by atoms with Gasteiger partial charge in [-0.15, -0.1) is 0 Å². The van der Waals surface area contributed by atoms with Crippen molar-refractivity contribution in [1.29, 1.82) is 0 Å². The lowest BCUT2D eigenvalue weighted by Crippen LogP contribution is -2.26. The van der Waals surface area contributed by atoms with Gasteiger partial charge in [0.15, 0.2) is 0 Å². The molecule has 0 atom stereocenters.